The van der Waals surface area contributed by atoms with Crippen molar-refractivity contribution in [3.05, 3.63) is 30.1 Å². The molecule has 2 aliphatic heterocycles. The fraction of sp³-hybridized carbons (Fsp3) is 0.667. The fourth-order valence-electron chi connectivity index (χ4n) is 3.74. The number of aromatic nitrogens is 1. The Bertz CT molecular complexity index is 512. The molecule has 0 aliphatic carbocycles. The number of pyridine rings is 1. The van der Waals surface area contributed by atoms with Gasteiger partial charge in [0.15, 0.2) is 0 Å². The minimum Gasteiger partial charge on any atom is -0.372 e. The van der Waals surface area contributed by atoms with Gasteiger partial charge in [0.25, 0.3) is 0 Å². The topological polar surface area (TPSA) is 45.7 Å². The van der Waals surface area contributed by atoms with Crippen LogP contribution < -0.4 is 0 Å². The van der Waals surface area contributed by atoms with Crippen LogP contribution in [0.2, 0.25) is 0 Å². The van der Waals surface area contributed by atoms with Crippen LogP contribution in [0.1, 0.15) is 31.9 Å². The smallest absolute Gasteiger partial charge is 0.248 e. The average Bonchev–Trinajstić information content (AvgIpc) is 3.00. The highest BCUT2D eigenvalue weighted by Gasteiger charge is 2.41. The van der Waals surface area contributed by atoms with Crippen LogP contribution in [0.15, 0.2) is 24.4 Å². The molecule has 1 aromatic rings. The lowest BCUT2D eigenvalue weighted by Gasteiger charge is -2.39. The van der Waals surface area contributed by atoms with Gasteiger partial charge in [-0.1, -0.05) is 6.07 Å². The number of hydrogen-bond acceptors (Lipinski definition) is 4. The molecule has 0 radical (unpaired) electrons. The first-order valence-corrected chi connectivity index (χ1v) is 8.69. The zero-order valence-electron chi connectivity index (χ0n) is 14.0. The third-order valence-electron chi connectivity index (χ3n) is 5.25. The van der Waals surface area contributed by atoms with E-state index in [9.17, 15) is 4.79 Å². The molecule has 1 aromatic heterocycles. The van der Waals surface area contributed by atoms with E-state index in [-0.39, 0.29) is 12.5 Å². The van der Waals surface area contributed by atoms with Gasteiger partial charge in [0.05, 0.1) is 5.69 Å². The number of hydrogen-bond donors (Lipinski definition) is 0. The number of likely N-dealkylation sites (tertiary alicyclic amines) is 2. The van der Waals surface area contributed by atoms with Crippen LogP contribution >= 0.6 is 0 Å². The Kier molecular flexibility index (Phi) is 5.28. The Morgan fingerprint density at radius 3 is 2.74 bits per heavy atom. The second kappa shape index (κ2) is 7.41. The minimum absolute atomic E-state index is 0.152. The van der Waals surface area contributed by atoms with Crippen molar-refractivity contribution in [1.82, 2.24) is 14.8 Å². The molecule has 2 fully saturated rings. The molecule has 1 spiro atoms. The third kappa shape index (κ3) is 4.09. The van der Waals surface area contributed by atoms with Gasteiger partial charge in [-0.3, -0.25) is 14.7 Å². The number of amides is 1. The maximum Gasteiger partial charge on any atom is 0.248 e. The monoisotopic (exact) mass is 317 g/mol. The summed E-state index contributed by atoms with van der Waals surface area (Å²) in [6.07, 6.45) is 5.36. The quantitative estimate of drug-likeness (QED) is 0.832. The van der Waals surface area contributed by atoms with Crippen LogP contribution in [-0.4, -0.2) is 60.1 Å². The Hall–Kier alpha value is -1.46. The predicted octanol–water partition coefficient (Wildman–Crippen LogP) is 1.93. The Labute approximate surface area is 138 Å². The van der Waals surface area contributed by atoms with Gasteiger partial charge in [-0.2, -0.15) is 0 Å². The summed E-state index contributed by atoms with van der Waals surface area (Å²) < 4.78 is 5.26. The van der Waals surface area contributed by atoms with Gasteiger partial charge in [0, 0.05) is 32.4 Å². The van der Waals surface area contributed by atoms with E-state index in [0.29, 0.717) is 12.0 Å². The first kappa shape index (κ1) is 16.4. The molecule has 3 heterocycles. The van der Waals surface area contributed by atoms with Crippen molar-refractivity contribution in [1.29, 1.82) is 0 Å². The fourth-order valence-corrected chi connectivity index (χ4v) is 3.74. The molecular weight excluding hydrogens is 290 g/mol. The van der Waals surface area contributed by atoms with Gasteiger partial charge in [-0.25, -0.2) is 0 Å². The second-order valence-electron chi connectivity index (χ2n) is 6.80. The van der Waals surface area contributed by atoms with E-state index in [1.807, 2.05) is 30.2 Å². The predicted molar refractivity (Wildman–Crippen MR) is 88.9 cm³/mol. The molecular formula is C18H27N3O2. The number of piperidine rings is 1. The highest BCUT2D eigenvalue weighted by molar-refractivity contribution is 5.77. The Morgan fingerprint density at radius 1 is 1.26 bits per heavy atom. The summed E-state index contributed by atoms with van der Waals surface area (Å²) in [6, 6.07) is 6.10. The molecule has 0 unspecified atom stereocenters. The normalized spacial score (nSPS) is 21.0. The summed E-state index contributed by atoms with van der Waals surface area (Å²) in [5.74, 6) is 0.152. The maximum absolute atomic E-state index is 12.1. The molecule has 0 atom stereocenters. The summed E-state index contributed by atoms with van der Waals surface area (Å²) in [6.45, 7) is 7.71. The Morgan fingerprint density at radius 2 is 2.04 bits per heavy atom. The molecule has 23 heavy (non-hydrogen) atoms. The van der Waals surface area contributed by atoms with Gasteiger partial charge in [-0.15, -0.1) is 0 Å². The van der Waals surface area contributed by atoms with E-state index in [0.717, 1.165) is 44.8 Å². The van der Waals surface area contributed by atoms with Crippen LogP contribution in [0.4, 0.5) is 0 Å². The number of rotatable bonds is 5. The van der Waals surface area contributed by atoms with Crippen molar-refractivity contribution in [2.24, 2.45) is 5.41 Å². The largest absolute Gasteiger partial charge is 0.372 e. The van der Waals surface area contributed by atoms with Crippen LogP contribution in [0.25, 0.3) is 0 Å². The SMILES string of the molecule is CCOCC(=O)N1CCC2(CCN(Cc3ccccn3)CC2)C1. The van der Waals surface area contributed by atoms with Crippen LogP contribution in [0.3, 0.4) is 0 Å². The summed E-state index contributed by atoms with van der Waals surface area (Å²) in [4.78, 5) is 21.0. The molecule has 1 amide bonds. The van der Waals surface area contributed by atoms with Gasteiger partial charge < -0.3 is 9.64 Å². The van der Waals surface area contributed by atoms with Gasteiger partial charge in [0.1, 0.15) is 6.61 Å². The van der Waals surface area contributed by atoms with Crippen LogP contribution in [0, 0.1) is 5.41 Å². The number of ether oxygens (including phenoxy) is 1. The molecule has 5 heteroatoms. The first-order chi connectivity index (χ1) is 11.2. The van der Waals surface area contributed by atoms with Gasteiger partial charge >= 0.3 is 0 Å². The van der Waals surface area contributed by atoms with Crippen molar-refractivity contribution >= 4 is 5.91 Å². The minimum atomic E-state index is 0.152. The summed E-state index contributed by atoms with van der Waals surface area (Å²) >= 11 is 0. The molecule has 2 saturated heterocycles. The molecule has 0 aromatic carbocycles. The summed E-state index contributed by atoms with van der Waals surface area (Å²) in [7, 11) is 0. The van der Waals surface area contributed by atoms with Crippen molar-refractivity contribution in [2.75, 3.05) is 39.4 Å². The van der Waals surface area contributed by atoms with Crippen molar-refractivity contribution < 1.29 is 9.53 Å². The molecule has 2 aliphatic rings. The number of carbonyl (C=O) groups is 1. The molecule has 0 N–H and O–H groups in total. The first-order valence-electron chi connectivity index (χ1n) is 8.69. The third-order valence-corrected chi connectivity index (χ3v) is 5.25. The lowest BCUT2D eigenvalue weighted by molar-refractivity contribution is -0.135. The van der Waals surface area contributed by atoms with Gasteiger partial charge in [-0.05, 0) is 56.8 Å². The van der Waals surface area contributed by atoms with E-state index >= 15 is 0 Å². The molecule has 0 bridgehead atoms. The molecule has 3 rings (SSSR count). The van der Waals surface area contributed by atoms with E-state index in [2.05, 4.69) is 16.0 Å². The van der Waals surface area contributed by atoms with Crippen LogP contribution in [-0.2, 0) is 16.1 Å². The standard InChI is InChI=1S/C18H27N3O2/c1-2-23-14-17(22)21-12-8-18(15-21)6-10-20(11-7-18)13-16-5-3-4-9-19-16/h3-5,9H,2,6-8,10-15H2,1H3. The zero-order chi connectivity index (χ0) is 16.1. The molecule has 126 valence electrons. The lowest BCUT2D eigenvalue weighted by Crippen LogP contribution is -2.42. The summed E-state index contributed by atoms with van der Waals surface area (Å²) in [5.41, 5.74) is 1.48. The second-order valence-corrected chi connectivity index (χ2v) is 6.80. The lowest BCUT2D eigenvalue weighted by atomic mass is 9.78. The maximum atomic E-state index is 12.1. The van der Waals surface area contributed by atoms with Crippen molar-refractivity contribution in [2.45, 2.75) is 32.7 Å². The highest BCUT2D eigenvalue weighted by atomic mass is 16.5. The van der Waals surface area contributed by atoms with E-state index < -0.39 is 0 Å². The van der Waals surface area contributed by atoms with Crippen molar-refractivity contribution in [3.8, 4) is 0 Å². The van der Waals surface area contributed by atoms with E-state index in [1.54, 1.807) is 0 Å². The molecule has 5 nitrogen and oxygen atoms in total. The Balaban J connectivity index is 1.48. The molecule has 0 saturated carbocycles. The van der Waals surface area contributed by atoms with E-state index in [4.69, 9.17) is 4.74 Å². The van der Waals surface area contributed by atoms with Gasteiger partial charge in [0.2, 0.25) is 5.91 Å². The highest BCUT2D eigenvalue weighted by Crippen LogP contribution is 2.40. The zero-order valence-corrected chi connectivity index (χ0v) is 14.0. The number of carbonyl (C=O) groups excluding carboxylic acids is 1. The van der Waals surface area contributed by atoms with Crippen LogP contribution in [0.5, 0.6) is 0 Å². The number of nitrogens with zero attached hydrogens (tertiary/aromatic N) is 3. The summed E-state index contributed by atoms with van der Waals surface area (Å²) in [5, 5.41) is 0. The van der Waals surface area contributed by atoms with Crippen molar-refractivity contribution in [3.63, 3.8) is 0 Å². The average molecular weight is 317 g/mol. The van der Waals surface area contributed by atoms with E-state index in [1.165, 1.54) is 12.8 Å².